The minimum absolute atomic E-state index is 0.998. The van der Waals surface area contributed by atoms with Gasteiger partial charge in [-0.3, -0.25) is 5.43 Å². The molecule has 0 atom stereocenters. The molecule has 0 unspecified atom stereocenters. The van der Waals surface area contributed by atoms with Crippen LogP contribution in [-0.4, -0.2) is 15.6 Å². The van der Waals surface area contributed by atoms with E-state index in [0.717, 1.165) is 5.65 Å². The second-order valence-corrected chi connectivity index (χ2v) is 3.04. The van der Waals surface area contributed by atoms with E-state index in [9.17, 15) is 0 Å². The maximum atomic E-state index is 4.08. The SMILES string of the molecule is C1=CC=NNC=C1.c1ccn2ccnc2c1. The van der Waals surface area contributed by atoms with Crippen LogP contribution in [0.5, 0.6) is 0 Å². The number of nitrogens with zero attached hydrogens (tertiary/aromatic N) is 3. The zero-order valence-corrected chi connectivity index (χ0v) is 8.69. The number of imidazole rings is 1. The van der Waals surface area contributed by atoms with Gasteiger partial charge in [-0.2, -0.15) is 5.10 Å². The van der Waals surface area contributed by atoms with Gasteiger partial charge in [0.1, 0.15) is 5.65 Å². The summed E-state index contributed by atoms with van der Waals surface area (Å²) in [5, 5.41) is 3.72. The van der Waals surface area contributed by atoms with Crippen molar-refractivity contribution in [3.63, 3.8) is 0 Å². The molecule has 2 aromatic rings. The van der Waals surface area contributed by atoms with Crippen molar-refractivity contribution in [2.45, 2.75) is 0 Å². The summed E-state index contributed by atoms with van der Waals surface area (Å²) in [5.41, 5.74) is 3.67. The Kier molecular flexibility index (Phi) is 3.50. The topological polar surface area (TPSA) is 41.7 Å². The Balaban J connectivity index is 0.000000125. The van der Waals surface area contributed by atoms with E-state index >= 15 is 0 Å². The van der Waals surface area contributed by atoms with Crippen LogP contribution >= 0.6 is 0 Å². The number of hydrazone groups is 1. The molecule has 4 nitrogen and oxygen atoms in total. The molecule has 0 bridgehead atoms. The third kappa shape index (κ3) is 2.81. The van der Waals surface area contributed by atoms with Crippen molar-refractivity contribution in [1.29, 1.82) is 0 Å². The molecule has 1 N–H and O–H groups in total. The van der Waals surface area contributed by atoms with Crippen molar-refractivity contribution < 1.29 is 0 Å². The summed E-state index contributed by atoms with van der Waals surface area (Å²) in [6.45, 7) is 0. The van der Waals surface area contributed by atoms with Crippen LogP contribution in [0.1, 0.15) is 0 Å². The molecule has 0 spiro atoms. The molecule has 1 aliphatic heterocycles. The van der Waals surface area contributed by atoms with Crippen LogP contribution in [0.25, 0.3) is 5.65 Å². The lowest BCUT2D eigenvalue weighted by Gasteiger charge is -1.86. The normalized spacial score (nSPS) is 12.8. The first-order valence-electron chi connectivity index (χ1n) is 4.95. The summed E-state index contributed by atoms with van der Waals surface area (Å²) in [5.74, 6) is 0. The van der Waals surface area contributed by atoms with Crippen molar-refractivity contribution in [3.8, 4) is 0 Å². The van der Waals surface area contributed by atoms with Gasteiger partial charge in [0.05, 0.1) is 0 Å². The zero-order valence-electron chi connectivity index (χ0n) is 8.69. The second kappa shape index (κ2) is 5.50. The minimum atomic E-state index is 0.998. The average Bonchev–Trinajstić information content (AvgIpc) is 2.61. The lowest BCUT2D eigenvalue weighted by Crippen LogP contribution is -1.89. The van der Waals surface area contributed by atoms with Crippen molar-refractivity contribution in [1.82, 2.24) is 14.8 Å². The van der Waals surface area contributed by atoms with Gasteiger partial charge in [0.15, 0.2) is 0 Å². The fourth-order valence-corrected chi connectivity index (χ4v) is 1.21. The van der Waals surface area contributed by atoms with Crippen LogP contribution in [0.3, 0.4) is 0 Å². The van der Waals surface area contributed by atoms with Gasteiger partial charge in [0, 0.05) is 31.0 Å². The van der Waals surface area contributed by atoms with Gasteiger partial charge in [0.2, 0.25) is 0 Å². The van der Waals surface area contributed by atoms with Gasteiger partial charge in [-0.05, 0) is 24.3 Å². The summed E-state index contributed by atoms with van der Waals surface area (Å²) < 4.78 is 1.97. The number of aromatic nitrogens is 2. The Bertz CT molecular complexity index is 478. The Morgan fingerprint density at radius 1 is 1.06 bits per heavy atom. The van der Waals surface area contributed by atoms with E-state index in [1.54, 1.807) is 18.6 Å². The maximum Gasteiger partial charge on any atom is 0.136 e. The molecule has 3 rings (SSSR count). The van der Waals surface area contributed by atoms with Crippen molar-refractivity contribution in [3.05, 3.63) is 61.2 Å². The largest absolute Gasteiger partial charge is 0.307 e. The predicted octanol–water partition coefficient (Wildman–Crippen LogP) is 1.98. The molecule has 0 saturated carbocycles. The first-order valence-corrected chi connectivity index (χ1v) is 4.95. The van der Waals surface area contributed by atoms with E-state index < -0.39 is 0 Å². The van der Waals surface area contributed by atoms with Crippen LogP contribution in [-0.2, 0) is 0 Å². The van der Waals surface area contributed by atoms with E-state index in [-0.39, 0.29) is 0 Å². The van der Waals surface area contributed by atoms with Gasteiger partial charge in [-0.25, -0.2) is 4.98 Å². The van der Waals surface area contributed by atoms with E-state index in [0.29, 0.717) is 0 Å². The quantitative estimate of drug-likeness (QED) is 0.725. The molecular formula is C12H12N4. The maximum absolute atomic E-state index is 4.08. The number of allylic oxidation sites excluding steroid dienone is 3. The smallest absolute Gasteiger partial charge is 0.136 e. The molecule has 80 valence electrons. The molecule has 0 fully saturated rings. The number of pyridine rings is 1. The highest BCUT2D eigenvalue weighted by Crippen LogP contribution is 1.96. The monoisotopic (exact) mass is 212 g/mol. The fraction of sp³-hybridized carbons (Fsp3) is 0. The van der Waals surface area contributed by atoms with Gasteiger partial charge in [-0.1, -0.05) is 12.1 Å². The third-order valence-corrected chi connectivity index (χ3v) is 1.93. The summed E-state index contributed by atoms with van der Waals surface area (Å²) in [4.78, 5) is 4.08. The highest BCUT2D eigenvalue weighted by atomic mass is 15.3. The van der Waals surface area contributed by atoms with Crippen LogP contribution < -0.4 is 5.43 Å². The molecular weight excluding hydrogens is 200 g/mol. The minimum Gasteiger partial charge on any atom is -0.307 e. The molecule has 0 saturated heterocycles. The number of nitrogens with one attached hydrogen (secondary N) is 1. The Hall–Kier alpha value is -2.36. The first-order chi connectivity index (χ1) is 7.97. The average molecular weight is 212 g/mol. The summed E-state index contributed by atoms with van der Waals surface area (Å²) >= 11 is 0. The van der Waals surface area contributed by atoms with Crippen LogP contribution in [0.2, 0.25) is 0 Å². The Morgan fingerprint density at radius 2 is 2.06 bits per heavy atom. The first kappa shape index (κ1) is 10.2. The lowest BCUT2D eigenvalue weighted by atomic mass is 10.5. The van der Waals surface area contributed by atoms with E-state index in [4.69, 9.17) is 0 Å². The molecule has 1 aliphatic rings. The molecule has 0 aromatic carbocycles. The molecule has 16 heavy (non-hydrogen) atoms. The fourth-order valence-electron chi connectivity index (χ4n) is 1.21. The summed E-state index contributed by atoms with van der Waals surface area (Å²) in [7, 11) is 0. The molecule has 0 aliphatic carbocycles. The molecule has 2 aromatic heterocycles. The van der Waals surface area contributed by atoms with Gasteiger partial charge < -0.3 is 4.40 Å². The predicted molar refractivity (Wildman–Crippen MR) is 65.1 cm³/mol. The standard InChI is InChI=1S/C7H6N2.C5H6N2/c1-2-5-9-6-4-8-7(9)3-1;1-2-4-6-7-5-3-1/h1-6H;1-6H. The summed E-state index contributed by atoms with van der Waals surface area (Å²) in [6, 6.07) is 5.93. The Labute approximate surface area is 93.6 Å². The van der Waals surface area contributed by atoms with Gasteiger partial charge in [0.25, 0.3) is 0 Å². The number of rotatable bonds is 0. The molecule has 0 amide bonds. The number of hydrogen-bond donors (Lipinski definition) is 1. The van der Waals surface area contributed by atoms with Crippen LogP contribution in [0.4, 0.5) is 0 Å². The highest BCUT2D eigenvalue weighted by molar-refractivity contribution is 5.71. The van der Waals surface area contributed by atoms with Crippen LogP contribution in [0.15, 0.2) is 66.3 Å². The highest BCUT2D eigenvalue weighted by Gasteiger charge is 1.85. The zero-order chi connectivity index (χ0) is 11.1. The van der Waals surface area contributed by atoms with Crippen molar-refractivity contribution >= 4 is 11.9 Å². The van der Waals surface area contributed by atoms with Crippen molar-refractivity contribution in [2.24, 2.45) is 5.10 Å². The Morgan fingerprint density at radius 3 is 3.00 bits per heavy atom. The lowest BCUT2D eigenvalue weighted by molar-refractivity contribution is 0.980. The van der Waals surface area contributed by atoms with E-state index in [2.05, 4.69) is 15.5 Å². The van der Waals surface area contributed by atoms with Crippen molar-refractivity contribution in [2.75, 3.05) is 0 Å². The van der Waals surface area contributed by atoms with E-state index in [1.807, 2.05) is 53.2 Å². The van der Waals surface area contributed by atoms with Gasteiger partial charge >= 0.3 is 0 Å². The number of fused-ring (bicyclic) bond motifs is 1. The van der Waals surface area contributed by atoms with Crippen LogP contribution in [0, 0.1) is 0 Å². The van der Waals surface area contributed by atoms with Gasteiger partial charge in [-0.15, -0.1) is 0 Å². The molecule has 3 heterocycles. The second-order valence-electron chi connectivity index (χ2n) is 3.04. The van der Waals surface area contributed by atoms with E-state index in [1.165, 1.54) is 0 Å². The third-order valence-electron chi connectivity index (χ3n) is 1.93. The summed E-state index contributed by atoms with van der Waals surface area (Å²) in [6.07, 6.45) is 14.8. The molecule has 4 heteroatoms. The number of hydrogen-bond acceptors (Lipinski definition) is 3. The molecule has 0 radical (unpaired) electrons.